The van der Waals surface area contributed by atoms with Gasteiger partial charge in [0, 0.05) is 34.3 Å². The lowest BCUT2D eigenvalue weighted by Crippen LogP contribution is -2.17. The number of H-pyrrole nitrogens is 1. The van der Waals surface area contributed by atoms with E-state index in [9.17, 15) is 14.3 Å². The molecule has 6 aromatic rings. The van der Waals surface area contributed by atoms with E-state index in [1.807, 2.05) is 42.5 Å². The summed E-state index contributed by atoms with van der Waals surface area (Å²) in [4.78, 5) is 20.2. The summed E-state index contributed by atoms with van der Waals surface area (Å²) in [5.74, 6) is -0.189. The molecular formula is C30H26FN5O2. The third-order valence-electron chi connectivity index (χ3n) is 6.80. The van der Waals surface area contributed by atoms with Gasteiger partial charge in [0.25, 0.3) is 5.91 Å². The number of carbonyl (C=O) groups excluding carboxylic acids is 1. The summed E-state index contributed by atoms with van der Waals surface area (Å²) in [5.41, 5.74) is 11.7. The molecular weight excluding hydrogens is 481 g/mol. The molecule has 4 aromatic carbocycles. The van der Waals surface area contributed by atoms with E-state index in [0.29, 0.717) is 41.1 Å². The number of hydrogen-bond donors (Lipinski definition) is 4. The summed E-state index contributed by atoms with van der Waals surface area (Å²) in [6.45, 7) is 2.21. The quantitative estimate of drug-likeness (QED) is 0.221. The highest BCUT2D eigenvalue weighted by molar-refractivity contribution is 6.15. The number of fused-ring (bicyclic) bond motifs is 4. The second-order valence-corrected chi connectivity index (χ2v) is 9.46. The number of nitrogens with two attached hydrogens (primary N) is 1. The third-order valence-corrected chi connectivity index (χ3v) is 6.80. The largest absolute Gasteiger partial charge is 0.393 e. The number of halogens is 1. The van der Waals surface area contributed by atoms with Gasteiger partial charge in [0.2, 0.25) is 0 Å². The van der Waals surface area contributed by atoms with Crippen molar-refractivity contribution in [2.24, 2.45) is 5.73 Å². The van der Waals surface area contributed by atoms with E-state index in [1.54, 1.807) is 19.1 Å². The fourth-order valence-electron chi connectivity index (χ4n) is 5.05. The molecule has 0 aliphatic rings. The van der Waals surface area contributed by atoms with Crippen LogP contribution in [0, 0.1) is 5.82 Å². The number of amides is 1. The van der Waals surface area contributed by atoms with E-state index in [4.69, 9.17) is 10.7 Å². The zero-order valence-corrected chi connectivity index (χ0v) is 20.7. The Morgan fingerprint density at radius 3 is 2.71 bits per heavy atom. The highest BCUT2D eigenvalue weighted by Crippen LogP contribution is 2.38. The maximum Gasteiger partial charge on any atom is 0.250 e. The molecule has 38 heavy (non-hydrogen) atoms. The predicted molar refractivity (Wildman–Crippen MR) is 149 cm³/mol. The summed E-state index contributed by atoms with van der Waals surface area (Å²) in [7, 11) is 0. The van der Waals surface area contributed by atoms with Gasteiger partial charge in [0.15, 0.2) is 0 Å². The minimum Gasteiger partial charge on any atom is -0.393 e. The van der Waals surface area contributed by atoms with Gasteiger partial charge in [-0.15, -0.1) is 0 Å². The van der Waals surface area contributed by atoms with E-state index >= 15 is 0 Å². The van der Waals surface area contributed by atoms with E-state index in [1.165, 1.54) is 12.1 Å². The van der Waals surface area contributed by atoms with Crippen molar-refractivity contribution in [2.75, 3.05) is 11.9 Å². The normalized spacial score (nSPS) is 12.4. The molecule has 6 rings (SSSR count). The average molecular weight is 508 g/mol. The average Bonchev–Trinajstić information content (AvgIpc) is 3.47. The smallest absolute Gasteiger partial charge is 0.250 e. The second-order valence-electron chi connectivity index (χ2n) is 9.46. The number of hydrogen-bond acceptors (Lipinski definition) is 4. The van der Waals surface area contributed by atoms with Crippen molar-refractivity contribution in [3.05, 3.63) is 90.2 Å². The maximum atomic E-state index is 13.8. The van der Waals surface area contributed by atoms with Crippen molar-refractivity contribution in [1.82, 2.24) is 14.5 Å². The molecule has 1 amide bonds. The minimum atomic E-state index is -0.526. The van der Waals surface area contributed by atoms with Crippen LogP contribution in [0.4, 0.5) is 10.1 Å². The molecule has 7 nitrogen and oxygen atoms in total. The van der Waals surface area contributed by atoms with Crippen molar-refractivity contribution in [3.8, 4) is 17.1 Å². The van der Waals surface area contributed by atoms with Gasteiger partial charge in [-0.2, -0.15) is 0 Å². The van der Waals surface area contributed by atoms with Crippen LogP contribution in [0.1, 0.15) is 23.7 Å². The maximum absolute atomic E-state index is 13.8. The van der Waals surface area contributed by atoms with Gasteiger partial charge in [-0.25, -0.2) is 9.37 Å². The van der Waals surface area contributed by atoms with Crippen LogP contribution in [0.25, 0.3) is 49.9 Å². The number of aliphatic hydroxyl groups excluding tert-OH is 1. The fourth-order valence-corrected chi connectivity index (χ4v) is 5.05. The van der Waals surface area contributed by atoms with Crippen molar-refractivity contribution in [3.63, 3.8) is 0 Å². The van der Waals surface area contributed by atoms with Gasteiger partial charge < -0.3 is 25.7 Å². The van der Waals surface area contributed by atoms with E-state index in [2.05, 4.69) is 27.0 Å². The van der Waals surface area contributed by atoms with Crippen LogP contribution in [-0.2, 0) is 0 Å². The molecule has 0 radical (unpaired) electrons. The Kier molecular flexibility index (Phi) is 5.81. The van der Waals surface area contributed by atoms with Crippen molar-refractivity contribution >= 4 is 44.4 Å². The van der Waals surface area contributed by atoms with Crippen LogP contribution in [0.3, 0.4) is 0 Å². The molecule has 1 unspecified atom stereocenters. The zero-order valence-electron chi connectivity index (χ0n) is 20.7. The number of para-hydroxylation sites is 1. The van der Waals surface area contributed by atoms with E-state index in [0.717, 1.165) is 33.1 Å². The monoisotopic (exact) mass is 507 g/mol. The van der Waals surface area contributed by atoms with Crippen LogP contribution >= 0.6 is 0 Å². The Morgan fingerprint density at radius 2 is 1.89 bits per heavy atom. The highest BCUT2D eigenvalue weighted by Gasteiger charge is 2.19. The SMILES string of the molecule is CC(O)CCNc1cc(-n2c3ccccc3c3c(-c4nc5ccc(F)cc5[nH]4)cccc32)ccc1C(N)=O. The van der Waals surface area contributed by atoms with E-state index < -0.39 is 12.0 Å². The first kappa shape index (κ1) is 23.7. The molecule has 2 heterocycles. The first-order valence-corrected chi connectivity index (χ1v) is 12.4. The first-order chi connectivity index (χ1) is 18.4. The Morgan fingerprint density at radius 1 is 1.08 bits per heavy atom. The molecule has 5 N–H and O–H groups in total. The Labute approximate surface area is 217 Å². The number of benzene rings is 4. The summed E-state index contributed by atoms with van der Waals surface area (Å²) in [6, 6.07) is 24.2. The van der Waals surface area contributed by atoms with Crippen LogP contribution < -0.4 is 11.1 Å². The number of aromatic nitrogens is 3. The Hall–Kier alpha value is -4.69. The highest BCUT2D eigenvalue weighted by atomic mass is 19.1. The number of carbonyl (C=O) groups is 1. The minimum absolute atomic E-state index is 0.320. The Balaban J connectivity index is 1.57. The number of anilines is 1. The number of imidazole rings is 1. The molecule has 0 saturated heterocycles. The number of primary amides is 1. The van der Waals surface area contributed by atoms with Crippen LogP contribution in [0.2, 0.25) is 0 Å². The van der Waals surface area contributed by atoms with Gasteiger partial charge in [-0.3, -0.25) is 4.79 Å². The third kappa shape index (κ3) is 4.05. The summed E-state index contributed by atoms with van der Waals surface area (Å²) < 4.78 is 16.0. The summed E-state index contributed by atoms with van der Waals surface area (Å²) in [5, 5.41) is 15.0. The van der Waals surface area contributed by atoms with Gasteiger partial charge in [-0.1, -0.05) is 30.3 Å². The van der Waals surface area contributed by atoms with E-state index in [-0.39, 0.29) is 5.82 Å². The number of aliphatic hydroxyl groups is 1. The lowest BCUT2D eigenvalue weighted by molar-refractivity contribution is 0.100. The molecule has 190 valence electrons. The molecule has 2 aromatic heterocycles. The number of aromatic amines is 1. The molecule has 0 saturated carbocycles. The number of nitrogens with zero attached hydrogens (tertiary/aromatic N) is 2. The molecule has 0 spiro atoms. The first-order valence-electron chi connectivity index (χ1n) is 12.4. The van der Waals surface area contributed by atoms with Gasteiger partial charge in [0.1, 0.15) is 11.6 Å². The topological polar surface area (TPSA) is 109 Å². The van der Waals surface area contributed by atoms with Crippen LogP contribution in [0.5, 0.6) is 0 Å². The molecule has 0 aliphatic carbocycles. The molecule has 0 bridgehead atoms. The second kappa shape index (κ2) is 9.32. The summed E-state index contributed by atoms with van der Waals surface area (Å²) >= 11 is 0. The Bertz CT molecular complexity index is 1840. The predicted octanol–water partition coefficient (Wildman–Crippen LogP) is 5.75. The van der Waals surface area contributed by atoms with Crippen LogP contribution in [0.15, 0.2) is 78.9 Å². The van der Waals surface area contributed by atoms with Crippen molar-refractivity contribution in [1.29, 1.82) is 0 Å². The molecule has 1 atom stereocenters. The summed E-state index contributed by atoms with van der Waals surface area (Å²) in [6.07, 6.45) is 0.0657. The number of rotatable bonds is 7. The molecule has 0 aliphatic heterocycles. The fraction of sp³-hybridized carbons (Fsp3) is 0.133. The van der Waals surface area contributed by atoms with Crippen molar-refractivity contribution < 1.29 is 14.3 Å². The lowest BCUT2D eigenvalue weighted by atomic mass is 10.1. The van der Waals surface area contributed by atoms with Gasteiger partial charge in [0.05, 0.1) is 33.7 Å². The van der Waals surface area contributed by atoms with Crippen molar-refractivity contribution in [2.45, 2.75) is 19.4 Å². The van der Waals surface area contributed by atoms with Gasteiger partial charge in [-0.05, 0) is 61.9 Å². The molecule has 8 heteroatoms. The van der Waals surface area contributed by atoms with Crippen LogP contribution in [-0.4, -0.2) is 38.2 Å². The molecule has 0 fully saturated rings. The zero-order chi connectivity index (χ0) is 26.4. The van der Waals surface area contributed by atoms with Gasteiger partial charge >= 0.3 is 0 Å². The number of nitrogens with one attached hydrogen (secondary N) is 2. The standard InChI is InChI=1S/C30H26FN5O2/c1-17(37)13-14-33-24-16-19(10-11-20(24)29(32)38)36-26-7-3-2-5-21(26)28-22(6-4-8-27(28)36)30-34-23-12-9-18(31)15-25(23)35-30/h2-12,15-17,33,37H,13-14H2,1H3,(H2,32,38)(H,34,35). The lowest BCUT2D eigenvalue weighted by Gasteiger charge is -2.15.